The molecule has 0 saturated carbocycles. The lowest BCUT2D eigenvalue weighted by Crippen LogP contribution is -2.31. The smallest absolute Gasteiger partial charge is 0.347 e. The van der Waals surface area contributed by atoms with E-state index in [-0.39, 0.29) is 46.9 Å². The van der Waals surface area contributed by atoms with Crippen LogP contribution in [-0.4, -0.2) is 56.4 Å². The average Bonchev–Trinajstić information content (AvgIpc) is 3.33. The van der Waals surface area contributed by atoms with Gasteiger partial charge in [0.2, 0.25) is 0 Å². The Morgan fingerprint density at radius 2 is 1.67 bits per heavy atom. The van der Waals surface area contributed by atoms with Gasteiger partial charge >= 0.3 is 7.60 Å². The van der Waals surface area contributed by atoms with Crippen LogP contribution in [0.5, 0.6) is 11.5 Å². The second-order valence-corrected chi connectivity index (χ2v) is 14.2. The number of ether oxygens (including phenoxy) is 2. The molecule has 0 amide bonds. The first-order valence-corrected chi connectivity index (χ1v) is 17.4. The van der Waals surface area contributed by atoms with Crippen molar-refractivity contribution in [2.75, 3.05) is 26.3 Å². The minimum Gasteiger partial charge on any atom is -0.490 e. The van der Waals surface area contributed by atoms with Crippen molar-refractivity contribution in [1.82, 2.24) is 15.4 Å². The standard InChI is InChI=1S/C26H34FN8O7PS2/c1-2-17-18-12-20(41-9-3-7-33-25(29)30)21(42-10-4-8-34-26(31)32)13-22(18)44-24(17)45(39,40)35-23(43(36,37)38)15-5-6-16(14-28)19(27)11-15/h5-6,11-13,23,35H,2-4,7-10H2,1H3,(H4,29,30,33)(H4,31,32,34)(H2,36,37,38). The zero-order valence-corrected chi connectivity index (χ0v) is 26.6. The van der Waals surface area contributed by atoms with Crippen LogP contribution in [0.25, 0.3) is 10.1 Å². The van der Waals surface area contributed by atoms with E-state index in [1.165, 1.54) is 0 Å². The maximum atomic E-state index is 14.3. The summed E-state index contributed by atoms with van der Waals surface area (Å²) < 4.78 is 68.2. The summed E-state index contributed by atoms with van der Waals surface area (Å²) in [7, 11) is -9.80. The van der Waals surface area contributed by atoms with E-state index in [4.69, 9.17) is 37.0 Å². The number of benzene rings is 2. The second kappa shape index (κ2) is 15.3. The van der Waals surface area contributed by atoms with Crippen LogP contribution in [0.15, 0.2) is 34.5 Å². The molecule has 1 aromatic heterocycles. The fourth-order valence-corrected chi connectivity index (χ4v) is 8.71. The third-order valence-corrected chi connectivity index (χ3v) is 10.7. The van der Waals surface area contributed by atoms with Gasteiger partial charge in [-0.05, 0) is 48.6 Å². The zero-order chi connectivity index (χ0) is 33.4. The fourth-order valence-electron chi connectivity index (χ4n) is 4.19. The molecule has 15 nitrogen and oxygen atoms in total. The number of thiophene rings is 1. The third-order valence-electron chi connectivity index (χ3n) is 6.24. The van der Waals surface area contributed by atoms with Gasteiger partial charge in [-0.1, -0.05) is 13.0 Å². The number of hydrogen-bond acceptors (Lipinski definition) is 9. The van der Waals surface area contributed by atoms with Crippen LogP contribution in [0, 0.1) is 28.0 Å². The van der Waals surface area contributed by atoms with E-state index >= 15 is 0 Å². The van der Waals surface area contributed by atoms with E-state index < -0.39 is 29.2 Å². The van der Waals surface area contributed by atoms with E-state index in [9.17, 15) is 27.2 Å². The molecule has 0 saturated heterocycles. The van der Waals surface area contributed by atoms with Crippen LogP contribution in [0.2, 0.25) is 0 Å². The molecule has 0 aliphatic rings. The number of nitrogens with one attached hydrogen (secondary N) is 5. The molecule has 1 heterocycles. The number of nitrogens with two attached hydrogens (primary N) is 2. The molecule has 3 rings (SSSR count). The summed E-state index contributed by atoms with van der Waals surface area (Å²) in [5, 5.41) is 29.4. The molecular weight excluding hydrogens is 650 g/mol. The third kappa shape index (κ3) is 9.50. The summed E-state index contributed by atoms with van der Waals surface area (Å²) in [6.45, 7) is 2.88. The van der Waals surface area contributed by atoms with E-state index in [1.54, 1.807) is 25.1 Å². The lowest BCUT2D eigenvalue weighted by atomic mass is 10.1. The first-order valence-electron chi connectivity index (χ1n) is 13.5. The van der Waals surface area contributed by atoms with Crippen molar-refractivity contribution in [2.45, 2.75) is 36.2 Å². The molecule has 11 N–H and O–H groups in total. The molecule has 0 aliphatic heterocycles. The Bertz CT molecular complexity index is 1760. The van der Waals surface area contributed by atoms with E-state index in [0.29, 0.717) is 59.1 Å². The minimum absolute atomic E-state index is 0.182. The van der Waals surface area contributed by atoms with Gasteiger partial charge in [0.15, 0.2) is 23.4 Å². The van der Waals surface area contributed by atoms with Crippen LogP contribution in [0.4, 0.5) is 4.39 Å². The van der Waals surface area contributed by atoms with Gasteiger partial charge in [-0.3, -0.25) is 15.4 Å². The molecule has 19 heteroatoms. The molecule has 0 aliphatic carbocycles. The maximum Gasteiger partial charge on any atom is 0.347 e. The highest BCUT2D eigenvalue weighted by Crippen LogP contribution is 2.51. The van der Waals surface area contributed by atoms with Crippen LogP contribution in [0.3, 0.4) is 0 Å². The predicted octanol–water partition coefficient (Wildman–Crippen LogP) is 2.13. The van der Waals surface area contributed by atoms with E-state index in [0.717, 1.165) is 23.5 Å². The van der Waals surface area contributed by atoms with Gasteiger partial charge in [0, 0.05) is 29.2 Å². The summed E-state index contributed by atoms with van der Waals surface area (Å²) in [4.78, 5) is 20.0. The van der Waals surface area contributed by atoms with Crippen LogP contribution < -0.4 is 36.3 Å². The molecule has 3 aromatic rings. The largest absolute Gasteiger partial charge is 0.490 e. The highest BCUT2D eigenvalue weighted by molar-refractivity contribution is 7.92. The van der Waals surface area contributed by atoms with Crippen molar-refractivity contribution in [1.29, 1.82) is 16.1 Å². The van der Waals surface area contributed by atoms with Crippen molar-refractivity contribution >= 4 is 51.0 Å². The SMILES string of the molecule is CCc1c(S(=O)(=O)NC(c2ccc(C#N)c(F)c2)P(=O)(O)O)sc2cc(OCCCNC(=N)N)c(OCCCNC(=N)N)cc12. The number of nitrogens with zero attached hydrogens (tertiary/aromatic N) is 1. The molecule has 0 spiro atoms. The van der Waals surface area contributed by atoms with Crippen molar-refractivity contribution in [3.05, 3.63) is 52.8 Å². The van der Waals surface area contributed by atoms with Gasteiger partial charge in [-0.2, -0.15) is 9.98 Å². The Morgan fingerprint density at radius 3 is 2.16 bits per heavy atom. The van der Waals surface area contributed by atoms with Gasteiger partial charge in [0.1, 0.15) is 21.9 Å². The number of halogens is 1. The molecule has 0 bridgehead atoms. The van der Waals surface area contributed by atoms with E-state index in [1.807, 2.05) is 4.72 Å². The summed E-state index contributed by atoms with van der Waals surface area (Å²) in [5.74, 6) is -2.92. The number of aryl methyl sites for hydroxylation is 1. The Labute approximate surface area is 262 Å². The molecular formula is C26H34FN8O7PS2. The first kappa shape index (κ1) is 35.5. The zero-order valence-electron chi connectivity index (χ0n) is 24.1. The summed E-state index contributed by atoms with van der Waals surface area (Å²) in [6.07, 6.45) is 1.18. The van der Waals surface area contributed by atoms with Crippen LogP contribution >= 0.6 is 18.9 Å². The molecule has 1 unspecified atom stereocenters. The average molecular weight is 685 g/mol. The maximum absolute atomic E-state index is 14.3. The number of nitriles is 1. The molecule has 244 valence electrons. The highest BCUT2D eigenvalue weighted by atomic mass is 32.2. The van der Waals surface area contributed by atoms with Crippen molar-refractivity contribution < 1.29 is 36.6 Å². The quantitative estimate of drug-likeness (QED) is 0.0454. The Morgan fingerprint density at radius 1 is 1.09 bits per heavy atom. The van der Waals surface area contributed by atoms with Gasteiger partial charge in [-0.15, -0.1) is 11.3 Å². The van der Waals surface area contributed by atoms with Crippen molar-refractivity contribution in [2.24, 2.45) is 11.5 Å². The molecule has 0 fully saturated rings. The Balaban J connectivity index is 2.00. The van der Waals surface area contributed by atoms with Gasteiger partial charge in [-0.25, -0.2) is 12.8 Å². The number of fused-ring (bicyclic) bond motifs is 1. The summed E-state index contributed by atoms with van der Waals surface area (Å²) >= 11 is 0.858. The highest BCUT2D eigenvalue weighted by Gasteiger charge is 2.37. The number of hydrogen-bond donors (Lipinski definition) is 9. The number of rotatable bonds is 16. The lowest BCUT2D eigenvalue weighted by Gasteiger charge is -2.20. The predicted molar refractivity (Wildman–Crippen MR) is 167 cm³/mol. The molecule has 45 heavy (non-hydrogen) atoms. The number of guanidine groups is 2. The van der Waals surface area contributed by atoms with Crippen LogP contribution in [0.1, 0.15) is 42.2 Å². The van der Waals surface area contributed by atoms with Gasteiger partial charge < -0.3 is 41.4 Å². The van der Waals surface area contributed by atoms with Crippen LogP contribution in [-0.2, 0) is 21.0 Å². The Hall–Kier alpha value is -3.98. The van der Waals surface area contributed by atoms with Crippen molar-refractivity contribution in [3.8, 4) is 17.6 Å². The first-order chi connectivity index (χ1) is 21.2. The van der Waals surface area contributed by atoms with Gasteiger partial charge in [0.25, 0.3) is 10.0 Å². The molecule has 1 atom stereocenters. The molecule has 2 aromatic carbocycles. The fraction of sp³-hybridized carbons (Fsp3) is 0.346. The van der Waals surface area contributed by atoms with E-state index in [2.05, 4.69) is 10.6 Å². The van der Waals surface area contributed by atoms with Gasteiger partial charge in [0.05, 0.1) is 18.8 Å². The lowest BCUT2D eigenvalue weighted by molar-refractivity contribution is 0.264. The Kier molecular flexibility index (Phi) is 12.1. The minimum atomic E-state index is -5.21. The normalized spacial score (nSPS) is 12.3. The molecule has 0 radical (unpaired) electrons. The van der Waals surface area contributed by atoms with Crippen molar-refractivity contribution in [3.63, 3.8) is 0 Å². The topological polar surface area (TPSA) is 270 Å². The monoisotopic (exact) mass is 684 g/mol. The number of sulfonamides is 1. The second-order valence-electron chi connectivity index (χ2n) is 9.57. The summed E-state index contributed by atoms with van der Waals surface area (Å²) in [6, 6.07) is 7.63. The summed E-state index contributed by atoms with van der Waals surface area (Å²) in [5.41, 5.74) is 10.2.